The number of Topliss-reactive ketones (excluding diaryl/α,β-unsaturated/α-hetero) is 1. The minimum atomic E-state index is -0.209. The van der Waals surface area contributed by atoms with Gasteiger partial charge in [-0.3, -0.25) is 4.79 Å². The summed E-state index contributed by atoms with van der Waals surface area (Å²) in [6, 6.07) is 5.92. The molecule has 0 bridgehead atoms. The Hall–Kier alpha value is -1.31. The molecule has 0 N–H and O–H groups in total. The fourth-order valence-electron chi connectivity index (χ4n) is 2.90. The molecule has 2 nitrogen and oxygen atoms in total. The Morgan fingerprint density at radius 2 is 2.18 bits per heavy atom. The molecule has 1 unspecified atom stereocenters. The van der Waals surface area contributed by atoms with E-state index < -0.39 is 0 Å². The second-order valence-electron chi connectivity index (χ2n) is 5.39. The van der Waals surface area contributed by atoms with Crippen LogP contribution in [0.1, 0.15) is 48.5 Å². The van der Waals surface area contributed by atoms with Gasteiger partial charge in [-0.25, -0.2) is 0 Å². The maximum Gasteiger partial charge on any atom is 0.170 e. The Kier molecular flexibility index (Phi) is 2.29. The van der Waals surface area contributed by atoms with E-state index in [4.69, 9.17) is 4.74 Å². The van der Waals surface area contributed by atoms with E-state index in [-0.39, 0.29) is 11.4 Å². The molecular weight excluding hydrogens is 212 g/mol. The average molecular weight is 230 g/mol. The van der Waals surface area contributed by atoms with Crippen LogP contribution in [0.5, 0.6) is 5.75 Å². The predicted octanol–water partition coefficient (Wildman–Crippen LogP) is 3.52. The lowest BCUT2D eigenvalue weighted by atomic mass is 9.83. The second kappa shape index (κ2) is 3.59. The van der Waals surface area contributed by atoms with Gasteiger partial charge < -0.3 is 4.74 Å². The van der Waals surface area contributed by atoms with E-state index in [1.54, 1.807) is 0 Å². The lowest BCUT2D eigenvalue weighted by molar-refractivity contribution is 0.0213. The first kappa shape index (κ1) is 10.8. The van der Waals surface area contributed by atoms with E-state index in [1.165, 1.54) is 12.8 Å². The minimum absolute atomic E-state index is 0.209. The maximum absolute atomic E-state index is 12.3. The van der Waals surface area contributed by atoms with Crippen LogP contribution in [0.4, 0.5) is 0 Å². The molecule has 2 heteroatoms. The zero-order valence-electron chi connectivity index (χ0n) is 10.5. The van der Waals surface area contributed by atoms with Crippen LogP contribution < -0.4 is 4.74 Å². The summed E-state index contributed by atoms with van der Waals surface area (Å²) in [7, 11) is 0. The van der Waals surface area contributed by atoms with E-state index in [0.717, 1.165) is 23.3 Å². The number of ether oxygens (including phenoxy) is 1. The van der Waals surface area contributed by atoms with Crippen LogP contribution in [0.15, 0.2) is 18.2 Å². The molecule has 0 amide bonds. The SMILES string of the molecule is CCC1(C2CC2)CC(=O)c2cc(C)ccc2O1. The molecule has 1 aromatic carbocycles. The average Bonchev–Trinajstić information content (AvgIpc) is 3.14. The molecule has 3 rings (SSSR count). The standard InChI is InChI=1S/C15H18O2/c1-3-15(11-5-6-11)9-13(16)12-8-10(2)4-7-14(12)17-15/h4,7-8,11H,3,5-6,9H2,1-2H3. The van der Waals surface area contributed by atoms with Crippen molar-refractivity contribution < 1.29 is 9.53 Å². The molecule has 1 aliphatic carbocycles. The lowest BCUT2D eigenvalue weighted by Gasteiger charge is -2.37. The van der Waals surface area contributed by atoms with Crippen molar-refractivity contribution in [1.82, 2.24) is 0 Å². The van der Waals surface area contributed by atoms with Crippen molar-refractivity contribution >= 4 is 5.78 Å². The van der Waals surface area contributed by atoms with Crippen LogP contribution in [0.3, 0.4) is 0 Å². The molecule has 90 valence electrons. The third-order valence-electron chi connectivity index (χ3n) is 4.13. The molecular formula is C15H18O2. The van der Waals surface area contributed by atoms with E-state index in [2.05, 4.69) is 6.92 Å². The van der Waals surface area contributed by atoms with Gasteiger partial charge in [-0.15, -0.1) is 0 Å². The van der Waals surface area contributed by atoms with E-state index >= 15 is 0 Å². The van der Waals surface area contributed by atoms with Gasteiger partial charge in [0.1, 0.15) is 11.4 Å². The summed E-state index contributed by atoms with van der Waals surface area (Å²) in [4.78, 5) is 12.3. The Labute approximate surface area is 102 Å². The van der Waals surface area contributed by atoms with Crippen molar-refractivity contribution in [1.29, 1.82) is 0 Å². The summed E-state index contributed by atoms with van der Waals surface area (Å²) < 4.78 is 6.20. The van der Waals surface area contributed by atoms with Crippen molar-refractivity contribution in [3.8, 4) is 5.75 Å². The van der Waals surface area contributed by atoms with Gasteiger partial charge in [-0.05, 0) is 44.2 Å². The van der Waals surface area contributed by atoms with E-state index in [9.17, 15) is 4.79 Å². The fraction of sp³-hybridized carbons (Fsp3) is 0.533. The van der Waals surface area contributed by atoms with Crippen LogP contribution in [0, 0.1) is 12.8 Å². The summed E-state index contributed by atoms with van der Waals surface area (Å²) >= 11 is 0. The molecule has 0 saturated heterocycles. The molecule has 1 aromatic rings. The number of ketones is 1. The second-order valence-corrected chi connectivity index (χ2v) is 5.39. The number of aryl methyl sites for hydroxylation is 1. The van der Waals surface area contributed by atoms with Gasteiger partial charge in [0.05, 0.1) is 12.0 Å². The number of carbonyl (C=O) groups excluding carboxylic acids is 1. The van der Waals surface area contributed by atoms with Gasteiger partial charge in [-0.2, -0.15) is 0 Å². The number of fused-ring (bicyclic) bond motifs is 1. The molecule has 1 heterocycles. The Morgan fingerprint density at radius 1 is 1.41 bits per heavy atom. The van der Waals surface area contributed by atoms with Crippen molar-refractivity contribution in [3.05, 3.63) is 29.3 Å². The highest BCUT2D eigenvalue weighted by atomic mass is 16.5. The summed E-state index contributed by atoms with van der Waals surface area (Å²) in [5.41, 5.74) is 1.69. The number of rotatable bonds is 2. The molecule has 1 fully saturated rings. The predicted molar refractivity (Wildman–Crippen MR) is 66.5 cm³/mol. The molecule has 0 spiro atoms. The summed E-state index contributed by atoms with van der Waals surface area (Å²) in [6.07, 6.45) is 3.91. The quantitative estimate of drug-likeness (QED) is 0.777. The number of benzene rings is 1. The molecule has 1 atom stereocenters. The van der Waals surface area contributed by atoms with Gasteiger partial charge >= 0.3 is 0 Å². The van der Waals surface area contributed by atoms with Gasteiger partial charge in [0.2, 0.25) is 0 Å². The highest BCUT2D eigenvalue weighted by molar-refractivity contribution is 6.00. The Bertz CT molecular complexity index is 474. The monoisotopic (exact) mass is 230 g/mol. The topological polar surface area (TPSA) is 26.3 Å². The molecule has 1 saturated carbocycles. The molecule has 0 aromatic heterocycles. The van der Waals surface area contributed by atoms with Crippen molar-refractivity contribution in [2.75, 3.05) is 0 Å². The third-order valence-corrected chi connectivity index (χ3v) is 4.13. The van der Waals surface area contributed by atoms with Crippen LogP contribution in [0.25, 0.3) is 0 Å². The van der Waals surface area contributed by atoms with Crippen LogP contribution in [-0.2, 0) is 0 Å². The van der Waals surface area contributed by atoms with Gasteiger partial charge in [0.25, 0.3) is 0 Å². The van der Waals surface area contributed by atoms with E-state index in [1.807, 2.05) is 25.1 Å². The normalized spacial score (nSPS) is 27.5. The van der Waals surface area contributed by atoms with Gasteiger partial charge in [0, 0.05) is 0 Å². The largest absolute Gasteiger partial charge is 0.486 e. The number of hydrogen-bond acceptors (Lipinski definition) is 2. The fourth-order valence-corrected chi connectivity index (χ4v) is 2.90. The minimum Gasteiger partial charge on any atom is -0.486 e. The lowest BCUT2D eigenvalue weighted by Crippen LogP contribution is -2.43. The smallest absolute Gasteiger partial charge is 0.170 e. The first-order valence-corrected chi connectivity index (χ1v) is 6.47. The zero-order valence-corrected chi connectivity index (χ0v) is 10.5. The van der Waals surface area contributed by atoms with Gasteiger partial charge in [0.15, 0.2) is 5.78 Å². The molecule has 17 heavy (non-hydrogen) atoms. The third kappa shape index (κ3) is 1.67. The van der Waals surface area contributed by atoms with Crippen LogP contribution in [0.2, 0.25) is 0 Å². The van der Waals surface area contributed by atoms with Crippen LogP contribution in [-0.4, -0.2) is 11.4 Å². The molecule has 1 aliphatic heterocycles. The highest BCUT2D eigenvalue weighted by Crippen LogP contribution is 2.49. The molecule has 0 radical (unpaired) electrons. The first-order valence-electron chi connectivity index (χ1n) is 6.47. The van der Waals surface area contributed by atoms with Crippen molar-refractivity contribution in [2.24, 2.45) is 5.92 Å². The van der Waals surface area contributed by atoms with Crippen LogP contribution >= 0.6 is 0 Å². The number of hydrogen-bond donors (Lipinski definition) is 0. The first-order chi connectivity index (χ1) is 8.14. The van der Waals surface area contributed by atoms with Crippen molar-refractivity contribution in [2.45, 2.75) is 45.1 Å². The molecule has 2 aliphatic rings. The summed E-state index contributed by atoms with van der Waals surface area (Å²) in [5, 5.41) is 0. The van der Waals surface area contributed by atoms with Gasteiger partial charge in [-0.1, -0.05) is 18.6 Å². The summed E-state index contributed by atoms with van der Waals surface area (Å²) in [6.45, 7) is 4.14. The Balaban J connectivity index is 2.02. The van der Waals surface area contributed by atoms with Crippen molar-refractivity contribution in [3.63, 3.8) is 0 Å². The maximum atomic E-state index is 12.3. The Morgan fingerprint density at radius 3 is 2.82 bits per heavy atom. The zero-order chi connectivity index (χ0) is 12.0. The highest BCUT2D eigenvalue weighted by Gasteiger charge is 2.50. The van der Waals surface area contributed by atoms with E-state index in [0.29, 0.717) is 12.3 Å². The number of carbonyl (C=O) groups is 1. The summed E-state index contributed by atoms with van der Waals surface area (Å²) in [5.74, 6) is 1.63.